The summed E-state index contributed by atoms with van der Waals surface area (Å²) in [6, 6.07) is -0.134. The molecule has 1 fully saturated rings. The minimum Gasteiger partial charge on any atom is -0.478 e. The molecule has 12 heavy (non-hydrogen) atoms. The number of carboxylic acids is 1. The van der Waals surface area contributed by atoms with Crippen molar-refractivity contribution in [2.24, 2.45) is 0 Å². The van der Waals surface area contributed by atoms with Crippen LogP contribution in [0.15, 0.2) is 12.2 Å². The van der Waals surface area contributed by atoms with Gasteiger partial charge in [-0.3, -0.25) is 0 Å². The Morgan fingerprint density at radius 2 is 2.50 bits per heavy atom. The van der Waals surface area contributed by atoms with Crippen LogP contribution in [-0.4, -0.2) is 41.6 Å². The van der Waals surface area contributed by atoms with Crippen LogP contribution in [0.2, 0.25) is 0 Å². The zero-order chi connectivity index (χ0) is 8.97. The molecule has 1 aliphatic rings. The van der Waals surface area contributed by atoms with Crippen LogP contribution in [0.5, 0.6) is 0 Å². The van der Waals surface area contributed by atoms with Gasteiger partial charge in [-0.05, 0) is 0 Å². The van der Waals surface area contributed by atoms with E-state index in [1.165, 1.54) is 6.08 Å². The fourth-order valence-electron chi connectivity index (χ4n) is 0.966. The molecule has 1 heterocycles. The fourth-order valence-corrected chi connectivity index (χ4v) is 0.966. The Kier molecular flexibility index (Phi) is 2.68. The molecule has 1 saturated heterocycles. The van der Waals surface area contributed by atoms with Crippen molar-refractivity contribution in [3.63, 3.8) is 0 Å². The van der Waals surface area contributed by atoms with Crippen LogP contribution in [-0.2, 0) is 4.79 Å². The van der Waals surface area contributed by atoms with Crippen LogP contribution in [0.25, 0.3) is 0 Å². The van der Waals surface area contributed by atoms with Crippen molar-refractivity contribution in [1.29, 1.82) is 0 Å². The van der Waals surface area contributed by atoms with Crippen LogP contribution in [0.3, 0.4) is 0 Å². The number of hydrogen-bond donors (Lipinski definition) is 2. The lowest BCUT2D eigenvalue weighted by atomic mass is 10.4. The molecule has 1 aliphatic heterocycles. The average molecular weight is 170 g/mol. The highest BCUT2D eigenvalue weighted by molar-refractivity contribution is 5.80. The van der Waals surface area contributed by atoms with Gasteiger partial charge in [0.1, 0.15) is 0 Å². The van der Waals surface area contributed by atoms with E-state index in [4.69, 9.17) is 5.11 Å². The average Bonchev–Trinajstić information content (AvgIpc) is 2.36. The number of rotatable bonds is 3. The summed E-state index contributed by atoms with van der Waals surface area (Å²) in [4.78, 5) is 22.5. The highest BCUT2D eigenvalue weighted by atomic mass is 16.4. The van der Waals surface area contributed by atoms with Gasteiger partial charge < -0.3 is 15.3 Å². The maximum Gasteiger partial charge on any atom is 0.328 e. The molecular weight excluding hydrogens is 160 g/mol. The zero-order valence-electron chi connectivity index (χ0n) is 6.49. The van der Waals surface area contributed by atoms with E-state index in [0.29, 0.717) is 19.6 Å². The van der Waals surface area contributed by atoms with Crippen molar-refractivity contribution < 1.29 is 14.7 Å². The molecule has 2 N–H and O–H groups in total. The maximum atomic E-state index is 10.9. The summed E-state index contributed by atoms with van der Waals surface area (Å²) in [6.45, 7) is 1.64. The molecule has 0 saturated carbocycles. The van der Waals surface area contributed by atoms with E-state index >= 15 is 0 Å². The third-order valence-corrected chi connectivity index (χ3v) is 1.53. The second kappa shape index (κ2) is 3.75. The summed E-state index contributed by atoms with van der Waals surface area (Å²) in [5.41, 5.74) is 0. The Hall–Kier alpha value is -1.52. The van der Waals surface area contributed by atoms with Crippen molar-refractivity contribution in [1.82, 2.24) is 10.2 Å². The number of urea groups is 1. The molecule has 2 amide bonds. The van der Waals surface area contributed by atoms with E-state index in [1.807, 2.05) is 0 Å². The third-order valence-electron chi connectivity index (χ3n) is 1.53. The van der Waals surface area contributed by atoms with Crippen molar-refractivity contribution in [3.05, 3.63) is 12.2 Å². The first-order valence-corrected chi connectivity index (χ1v) is 3.62. The monoisotopic (exact) mass is 170 g/mol. The van der Waals surface area contributed by atoms with Crippen LogP contribution >= 0.6 is 0 Å². The van der Waals surface area contributed by atoms with Crippen LogP contribution in [0, 0.1) is 0 Å². The molecule has 5 nitrogen and oxygen atoms in total. The summed E-state index contributed by atoms with van der Waals surface area (Å²) in [5.74, 6) is -0.991. The van der Waals surface area contributed by atoms with Crippen LogP contribution in [0.4, 0.5) is 4.79 Å². The predicted molar refractivity (Wildman–Crippen MR) is 41.7 cm³/mol. The third kappa shape index (κ3) is 2.26. The van der Waals surface area contributed by atoms with Gasteiger partial charge in [0.25, 0.3) is 0 Å². The minimum atomic E-state index is -0.991. The normalized spacial score (nSPS) is 17.0. The number of aliphatic carboxylic acids is 1. The Labute approximate surface area is 69.7 Å². The summed E-state index contributed by atoms with van der Waals surface area (Å²) >= 11 is 0. The van der Waals surface area contributed by atoms with Gasteiger partial charge in [-0.15, -0.1) is 0 Å². The molecule has 5 heteroatoms. The molecule has 0 bridgehead atoms. The number of amides is 2. The molecular formula is C7H10N2O3. The molecule has 0 aliphatic carbocycles. The zero-order valence-corrected chi connectivity index (χ0v) is 6.49. The van der Waals surface area contributed by atoms with Gasteiger partial charge in [0.15, 0.2) is 0 Å². The SMILES string of the molecule is O=C(O)/C=C/CN1CCNC1=O. The van der Waals surface area contributed by atoms with E-state index in [9.17, 15) is 9.59 Å². The first kappa shape index (κ1) is 8.58. The van der Waals surface area contributed by atoms with E-state index in [1.54, 1.807) is 4.90 Å². The Balaban J connectivity index is 2.31. The lowest BCUT2D eigenvalue weighted by Crippen LogP contribution is -2.28. The highest BCUT2D eigenvalue weighted by Crippen LogP contribution is 1.95. The summed E-state index contributed by atoms with van der Waals surface area (Å²) < 4.78 is 0. The molecule has 0 aromatic heterocycles. The Morgan fingerprint density at radius 1 is 1.75 bits per heavy atom. The summed E-state index contributed by atoms with van der Waals surface area (Å²) in [5, 5.41) is 10.9. The number of carbonyl (C=O) groups excluding carboxylic acids is 1. The van der Waals surface area contributed by atoms with Gasteiger partial charge in [0.2, 0.25) is 0 Å². The molecule has 0 spiro atoms. The first-order valence-electron chi connectivity index (χ1n) is 3.62. The fraction of sp³-hybridized carbons (Fsp3) is 0.429. The quantitative estimate of drug-likeness (QED) is 0.569. The van der Waals surface area contributed by atoms with Crippen molar-refractivity contribution in [2.75, 3.05) is 19.6 Å². The van der Waals surface area contributed by atoms with Gasteiger partial charge in [-0.2, -0.15) is 0 Å². The number of hydrogen-bond acceptors (Lipinski definition) is 2. The van der Waals surface area contributed by atoms with Crippen LogP contribution < -0.4 is 5.32 Å². The molecule has 0 unspecified atom stereocenters. The van der Waals surface area contributed by atoms with Crippen molar-refractivity contribution >= 4 is 12.0 Å². The van der Waals surface area contributed by atoms with Gasteiger partial charge in [0, 0.05) is 25.7 Å². The maximum absolute atomic E-state index is 10.9. The second-order valence-corrected chi connectivity index (χ2v) is 2.42. The topological polar surface area (TPSA) is 69.6 Å². The van der Waals surface area contributed by atoms with Crippen molar-refractivity contribution in [3.8, 4) is 0 Å². The molecule has 1 rings (SSSR count). The van der Waals surface area contributed by atoms with E-state index in [0.717, 1.165) is 6.08 Å². The van der Waals surface area contributed by atoms with E-state index in [2.05, 4.69) is 5.32 Å². The number of nitrogens with zero attached hydrogens (tertiary/aromatic N) is 1. The summed E-state index contributed by atoms with van der Waals surface area (Å²) in [6.07, 6.45) is 2.48. The first-order chi connectivity index (χ1) is 5.70. The largest absolute Gasteiger partial charge is 0.478 e. The van der Waals surface area contributed by atoms with Gasteiger partial charge in [0.05, 0.1) is 0 Å². The molecule has 0 aromatic rings. The highest BCUT2D eigenvalue weighted by Gasteiger charge is 2.17. The molecule has 0 radical (unpaired) electrons. The number of nitrogens with one attached hydrogen (secondary N) is 1. The lowest BCUT2D eigenvalue weighted by molar-refractivity contribution is -0.131. The Morgan fingerprint density at radius 3 is 3.00 bits per heavy atom. The molecule has 66 valence electrons. The van der Waals surface area contributed by atoms with E-state index < -0.39 is 5.97 Å². The Bertz CT molecular complexity index is 225. The number of carboxylic acid groups (broad SMARTS) is 1. The number of carbonyl (C=O) groups is 2. The van der Waals surface area contributed by atoms with E-state index in [-0.39, 0.29) is 6.03 Å². The smallest absolute Gasteiger partial charge is 0.328 e. The summed E-state index contributed by atoms with van der Waals surface area (Å²) in [7, 11) is 0. The van der Waals surface area contributed by atoms with Crippen LogP contribution in [0.1, 0.15) is 0 Å². The van der Waals surface area contributed by atoms with Crippen molar-refractivity contribution in [2.45, 2.75) is 0 Å². The predicted octanol–water partition coefficient (Wildman–Crippen LogP) is -0.348. The second-order valence-electron chi connectivity index (χ2n) is 2.42. The van der Waals surface area contributed by atoms with Gasteiger partial charge >= 0.3 is 12.0 Å². The molecule has 0 aromatic carbocycles. The standard InChI is InChI=1S/C7H10N2O3/c10-6(11)2-1-4-9-5-3-8-7(9)12/h1-2H,3-5H2,(H,8,12)(H,10,11)/b2-1+. The minimum absolute atomic E-state index is 0.134. The van der Waals surface area contributed by atoms with Gasteiger partial charge in [-0.25, -0.2) is 9.59 Å². The van der Waals surface area contributed by atoms with Gasteiger partial charge in [-0.1, -0.05) is 6.08 Å². The lowest BCUT2D eigenvalue weighted by Gasteiger charge is -2.09. The molecule has 0 atom stereocenters.